The van der Waals surface area contributed by atoms with Crippen molar-refractivity contribution in [3.05, 3.63) is 65.7 Å². The number of likely N-dealkylation sites (tertiary alicyclic amines) is 2. The molecule has 2 fully saturated rings. The molecule has 2 saturated heterocycles. The van der Waals surface area contributed by atoms with Gasteiger partial charge in [0, 0.05) is 38.1 Å². The minimum Gasteiger partial charge on any atom is -0.496 e. The lowest BCUT2D eigenvalue weighted by atomic mass is 9.72. The number of hydrogen-bond acceptors (Lipinski definition) is 3. The van der Waals surface area contributed by atoms with Crippen molar-refractivity contribution in [1.29, 1.82) is 0 Å². The average Bonchev–Trinajstić information content (AvgIpc) is 3.38. The van der Waals surface area contributed by atoms with E-state index < -0.39 is 0 Å². The Morgan fingerprint density at radius 1 is 0.903 bits per heavy atom. The number of amides is 3. The molecule has 2 aromatic rings. The van der Waals surface area contributed by atoms with Gasteiger partial charge in [-0.3, -0.25) is 4.79 Å². The molecule has 2 aliphatic heterocycles. The van der Waals surface area contributed by atoms with Gasteiger partial charge in [0.15, 0.2) is 0 Å². The van der Waals surface area contributed by atoms with Crippen LogP contribution in [0.4, 0.5) is 4.79 Å². The zero-order valence-corrected chi connectivity index (χ0v) is 18.2. The first-order chi connectivity index (χ1) is 15.1. The van der Waals surface area contributed by atoms with Gasteiger partial charge in [0.05, 0.1) is 12.7 Å². The summed E-state index contributed by atoms with van der Waals surface area (Å²) in [5.74, 6) is 0.433. The molecule has 2 aromatic carbocycles. The second-order valence-electron chi connectivity index (χ2n) is 8.49. The van der Waals surface area contributed by atoms with E-state index in [4.69, 9.17) is 4.74 Å². The van der Waals surface area contributed by atoms with Crippen LogP contribution in [-0.4, -0.2) is 61.6 Å². The molecule has 0 radical (unpaired) electrons. The van der Waals surface area contributed by atoms with Crippen LogP contribution in [0.3, 0.4) is 0 Å². The Labute approximate surface area is 184 Å². The van der Waals surface area contributed by atoms with Crippen LogP contribution < -0.4 is 10.1 Å². The van der Waals surface area contributed by atoms with Crippen LogP contribution in [0.5, 0.6) is 5.75 Å². The van der Waals surface area contributed by atoms with Gasteiger partial charge in [-0.05, 0) is 43.4 Å². The van der Waals surface area contributed by atoms with E-state index in [1.54, 1.807) is 19.2 Å². The number of methoxy groups -OCH3 is 1. The first kappa shape index (κ1) is 21.2. The number of hydrogen-bond donors (Lipinski definition) is 1. The van der Waals surface area contributed by atoms with Crippen LogP contribution in [0.2, 0.25) is 0 Å². The molecule has 0 saturated carbocycles. The fourth-order valence-electron chi connectivity index (χ4n) is 4.77. The van der Waals surface area contributed by atoms with E-state index in [0.717, 1.165) is 38.8 Å². The van der Waals surface area contributed by atoms with Crippen molar-refractivity contribution in [2.75, 3.05) is 39.8 Å². The van der Waals surface area contributed by atoms with Crippen LogP contribution >= 0.6 is 0 Å². The van der Waals surface area contributed by atoms with Gasteiger partial charge >= 0.3 is 6.03 Å². The molecule has 6 heteroatoms. The molecule has 0 bridgehead atoms. The van der Waals surface area contributed by atoms with Gasteiger partial charge in [-0.1, -0.05) is 42.5 Å². The highest BCUT2D eigenvalue weighted by atomic mass is 16.5. The number of nitrogens with zero attached hydrogens (tertiary/aromatic N) is 2. The minimum absolute atomic E-state index is 0.136. The summed E-state index contributed by atoms with van der Waals surface area (Å²) < 4.78 is 5.35. The molecule has 0 spiro atoms. The summed E-state index contributed by atoms with van der Waals surface area (Å²) in [6, 6.07) is 17.8. The molecule has 2 heterocycles. The van der Waals surface area contributed by atoms with Gasteiger partial charge in [-0.15, -0.1) is 0 Å². The van der Waals surface area contributed by atoms with Crippen LogP contribution in [0.15, 0.2) is 54.6 Å². The van der Waals surface area contributed by atoms with Crippen molar-refractivity contribution in [3.63, 3.8) is 0 Å². The molecule has 31 heavy (non-hydrogen) atoms. The smallest absolute Gasteiger partial charge is 0.319 e. The van der Waals surface area contributed by atoms with E-state index in [1.807, 2.05) is 40.1 Å². The number of urea groups is 1. The summed E-state index contributed by atoms with van der Waals surface area (Å²) in [5.41, 5.74) is 1.55. The van der Waals surface area contributed by atoms with Gasteiger partial charge in [0.25, 0.3) is 5.91 Å². The highest BCUT2D eigenvalue weighted by molar-refractivity contribution is 5.97. The van der Waals surface area contributed by atoms with Gasteiger partial charge < -0.3 is 19.9 Å². The van der Waals surface area contributed by atoms with Crippen molar-refractivity contribution >= 4 is 11.9 Å². The van der Waals surface area contributed by atoms with Crippen molar-refractivity contribution in [3.8, 4) is 5.75 Å². The standard InChI is InChI=1S/C25H31N3O3/c1-31-22-12-6-5-11-21(22)23(29)26-19-25(20-9-3-2-4-10-20)13-17-28(18-14-25)24(30)27-15-7-8-16-27/h2-6,9-12H,7-8,13-19H2,1H3,(H,26,29). The van der Waals surface area contributed by atoms with Crippen molar-refractivity contribution in [2.45, 2.75) is 31.1 Å². The Morgan fingerprint density at radius 2 is 1.52 bits per heavy atom. The molecule has 3 amide bonds. The summed E-state index contributed by atoms with van der Waals surface area (Å²) in [6.07, 6.45) is 3.84. The zero-order chi connectivity index (χ0) is 21.7. The SMILES string of the molecule is COc1ccccc1C(=O)NCC1(c2ccccc2)CCN(C(=O)N2CCCC2)CC1. The first-order valence-electron chi connectivity index (χ1n) is 11.1. The van der Waals surface area contributed by atoms with E-state index in [9.17, 15) is 9.59 Å². The molecule has 0 aromatic heterocycles. The fraction of sp³-hybridized carbons (Fsp3) is 0.440. The predicted octanol–water partition coefficient (Wildman–Crippen LogP) is 3.67. The van der Waals surface area contributed by atoms with E-state index in [-0.39, 0.29) is 17.4 Å². The lowest BCUT2D eigenvalue weighted by molar-refractivity contribution is 0.0916. The van der Waals surface area contributed by atoms with Crippen molar-refractivity contribution in [1.82, 2.24) is 15.1 Å². The molecular weight excluding hydrogens is 390 g/mol. The van der Waals surface area contributed by atoms with Crippen LogP contribution in [0.1, 0.15) is 41.6 Å². The van der Waals surface area contributed by atoms with E-state index >= 15 is 0 Å². The Kier molecular flexibility index (Phi) is 6.44. The number of piperidine rings is 1. The third-order valence-corrected chi connectivity index (χ3v) is 6.69. The molecule has 1 N–H and O–H groups in total. The number of ether oxygens (including phenoxy) is 1. The van der Waals surface area contributed by atoms with Crippen LogP contribution in [0, 0.1) is 0 Å². The average molecular weight is 422 g/mol. The Hall–Kier alpha value is -3.02. The van der Waals surface area contributed by atoms with E-state index in [2.05, 4.69) is 17.4 Å². The first-order valence-corrected chi connectivity index (χ1v) is 11.1. The van der Waals surface area contributed by atoms with Crippen molar-refractivity contribution < 1.29 is 14.3 Å². The molecule has 0 unspecified atom stereocenters. The third-order valence-electron chi connectivity index (χ3n) is 6.69. The minimum atomic E-state index is -0.194. The molecule has 4 rings (SSSR count). The molecule has 0 aliphatic carbocycles. The number of benzene rings is 2. The van der Waals surface area contributed by atoms with Gasteiger partial charge in [0.2, 0.25) is 0 Å². The van der Waals surface area contributed by atoms with Crippen molar-refractivity contribution in [2.24, 2.45) is 0 Å². The Balaban J connectivity index is 1.48. The topological polar surface area (TPSA) is 61.9 Å². The highest BCUT2D eigenvalue weighted by Gasteiger charge is 2.39. The lowest BCUT2D eigenvalue weighted by Crippen LogP contribution is -2.52. The summed E-state index contributed by atoms with van der Waals surface area (Å²) in [7, 11) is 1.57. The maximum atomic E-state index is 12.9. The second-order valence-corrected chi connectivity index (χ2v) is 8.49. The summed E-state index contributed by atoms with van der Waals surface area (Å²) in [4.78, 5) is 29.7. The molecule has 0 atom stereocenters. The van der Waals surface area contributed by atoms with Crippen LogP contribution in [0.25, 0.3) is 0 Å². The van der Waals surface area contributed by atoms with E-state index in [1.165, 1.54) is 5.56 Å². The number of carbonyl (C=O) groups excluding carboxylic acids is 2. The monoisotopic (exact) mass is 421 g/mol. The highest BCUT2D eigenvalue weighted by Crippen LogP contribution is 2.35. The van der Waals surface area contributed by atoms with Crippen LogP contribution in [-0.2, 0) is 5.41 Å². The normalized spacial score (nSPS) is 18.0. The summed E-state index contributed by atoms with van der Waals surface area (Å²) in [5, 5.41) is 3.15. The summed E-state index contributed by atoms with van der Waals surface area (Å²) >= 11 is 0. The van der Waals surface area contributed by atoms with Gasteiger partial charge in [-0.2, -0.15) is 0 Å². The number of carbonyl (C=O) groups is 2. The molecule has 2 aliphatic rings. The number of rotatable bonds is 5. The van der Waals surface area contributed by atoms with Gasteiger partial charge in [-0.25, -0.2) is 4.79 Å². The Morgan fingerprint density at radius 3 is 2.19 bits per heavy atom. The Bertz CT molecular complexity index is 901. The maximum Gasteiger partial charge on any atom is 0.319 e. The zero-order valence-electron chi connectivity index (χ0n) is 18.2. The number of para-hydroxylation sites is 1. The predicted molar refractivity (Wildman–Crippen MR) is 120 cm³/mol. The molecule has 164 valence electrons. The third kappa shape index (κ3) is 4.53. The number of nitrogens with one attached hydrogen (secondary N) is 1. The quantitative estimate of drug-likeness (QED) is 0.801. The summed E-state index contributed by atoms with van der Waals surface area (Å²) in [6.45, 7) is 3.67. The largest absolute Gasteiger partial charge is 0.496 e. The van der Waals surface area contributed by atoms with E-state index in [0.29, 0.717) is 30.9 Å². The maximum absolute atomic E-state index is 12.9. The fourth-order valence-corrected chi connectivity index (χ4v) is 4.77. The lowest BCUT2D eigenvalue weighted by Gasteiger charge is -2.43. The molecular formula is C25H31N3O3. The molecule has 6 nitrogen and oxygen atoms in total. The second kappa shape index (κ2) is 9.41. The van der Waals surface area contributed by atoms with Gasteiger partial charge in [0.1, 0.15) is 5.75 Å².